The van der Waals surface area contributed by atoms with Crippen molar-refractivity contribution in [3.05, 3.63) is 18.7 Å². The smallest absolute Gasteiger partial charge is 0.377 e. The lowest BCUT2D eigenvalue weighted by Gasteiger charge is -2.24. The molecule has 6 heteroatoms. The number of rotatable bonds is 15. The number of imidazole rings is 1. The van der Waals surface area contributed by atoms with Gasteiger partial charge < -0.3 is 13.3 Å². The molecule has 0 spiro atoms. The first-order valence-electron chi connectivity index (χ1n) is 10.6. The van der Waals surface area contributed by atoms with Crippen molar-refractivity contribution in [1.29, 1.82) is 0 Å². The van der Waals surface area contributed by atoms with Crippen molar-refractivity contribution in [2.75, 3.05) is 21.3 Å². The summed E-state index contributed by atoms with van der Waals surface area (Å²) in [4.78, 5) is 0. The van der Waals surface area contributed by atoms with Crippen molar-refractivity contribution < 1.29 is 17.8 Å². The molecule has 0 N–H and O–H groups in total. The van der Waals surface area contributed by atoms with E-state index in [2.05, 4.69) is 48.6 Å². The van der Waals surface area contributed by atoms with Crippen LogP contribution in [-0.2, 0) is 25.4 Å². The third-order valence-electron chi connectivity index (χ3n) is 5.30. The summed E-state index contributed by atoms with van der Waals surface area (Å²) < 4.78 is 21.0. The number of unbranched alkanes of at least 4 members (excludes halogenated alkanes) is 8. The zero-order valence-electron chi connectivity index (χ0n) is 18.6. The molecule has 0 aliphatic rings. The monoisotopic (exact) mass is 399 g/mol. The van der Waals surface area contributed by atoms with Crippen molar-refractivity contribution >= 4 is 8.80 Å². The molecule has 0 atom stereocenters. The third-order valence-corrected chi connectivity index (χ3v) is 8.13. The van der Waals surface area contributed by atoms with Gasteiger partial charge in [0.1, 0.15) is 17.9 Å². The minimum absolute atomic E-state index is 0.172. The average Bonchev–Trinajstić information content (AvgIpc) is 3.13. The molecular weight excluding hydrogens is 356 g/mol. The molecule has 1 aromatic heterocycles. The molecule has 0 saturated carbocycles. The lowest BCUT2D eigenvalue weighted by Crippen LogP contribution is -2.42. The van der Waals surface area contributed by atoms with Gasteiger partial charge in [-0.3, -0.25) is 0 Å². The normalized spacial score (nSPS) is 12.7. The predicted molar refractivity (Wildman–Crippen MR) is 113 cm³/mol. The molecule has 0 aliphatic heterocycles. The fourth-order valence-corrected chi connectivity index (χ4v) is 5.15. The fourth-order valence-electron chi connectivity index (χ4n) is 3.35. The van der Waals surface area contributed by atoms with Gasteiger partial charge in [-0.05, 0) is 40.0 Å². The lowest BCUT2D eigenvalue weighted by molar-refractivity contribution is -0.697. The summed E-state index contributed by atoms with van der Waals surface area (Å²) >= 11 is 0. The summed E-state index contributed by atoms with van der Waals surface area (Å²) in [6.45, 7) is 7.85. The number of nitrogens with zero attached hydrogens (tertiary/aromatic N) is 2. The average molecular weight is 400 g/mol. The SMILES string of the molecule is CO[Si](CCCCCCCCCCC[n+]1ccn(C(C)(C)C)c1)(OC)OC. The summed E-state index contributed by atoms with van der Waals surface area (Å²) in [5.41, 5.74) is 0.172. The van der Waals surface area contributed by atoms with Crippen molar-refractivity contribution in [3.8, 4) is 0 Å². The molecule has 0 amide bonds. The molecule has 0 radical (unpaired) electrons. The highest BCUT2D eigenvalue weighted by Crippen LogP contribution is 2.18. The Balaban J connectivity index is 1.97. The molecule has 5 nitrogen and oxygen atoms in total. The van der Waals surface area contributed by atoms with E-state index in [0.717, 1.165) is 19.0 Å². The first-order valence-corrected chi connectivity index (χ1v) is 12.5. The van der Waals surface area contributed by atoms with Gasteiger partial charge in [0.15, 0.2) is 0 Å². The van der Waals surface area contributed by atoms with E-state index in [1.165, 1.54) is 51.4 Å². The molecule has 0 bridgehead atoms. The van der Waals surface area contributed by atoms with Crippen LogP contribution in [0, 0.1) is 0 Å². The highest BCUT2D eigenvalue weighted by Gasteiger charge is 2.36. The first kappa shape index (κ1) is 24.3. The largest absolute Gasteiger partial charge is 0.500 e. The Labute approximate surface area is 168 Å². The Bertz CT molecular complexity index is 488. The van der Waals surface area contributed by atoms with Crippen molar-refractivity contribution in [2.45, 2.75) is 96.7 Å². The van der Waals surface area contributed by atoms with Gasteiger partial charge in [-0.1, -0.05) is 38.5 Å². The number of aromatic nitrogens is 2. The molecule has 1 heterocycles. The van der Waals surface area contributed by atoms with E-state index in [9.17, 15) is 0 Å². The van der Waals surface area contributed by atoms with Crippen LogP contribution in [0.4, 0.5) is 0 Å². The second kappa shape index (κ2) is 12.7. The van der Waals surface area contributed by atoms with E-state index in [1.807, 2.05) is 0 Å². The summed E-state index contributed by atoms with van der Waals surface area (Å²) in [5.74, 6) is 0. The summed E-state index contributed by atoms with van der Waals surface area (Å²) in [7, 11) is 2.73. The highest BCUT2D eigenvalue weighted by molar-refractivity contribution is 6.60. The molecule has 0 saturated heterocycles. The maximum atomic E-state index is 5.46. The van der Waals surface area contributed by atoms with Gasteiger partial charge in [0.05, 0.1) is 6.54 Å². The van der Waals surface area contributed by atoms with Gasteiger partial charge in [0.25, 0.3) is 0 Å². The van der Waals surface area contributed by atoms with Crippen LogP contribution in [0.15, 0.2) is 18.7 Å². The molecule has 0 unspecified atom stereocenters. The van der Waals surface area contributed by atoms with Gasteiger partial charge in [-0.2, -0.15) is 0 Å². The van der Waals surface area contributed by atoms with E-state index in [1.54, 1.807) is 21.3 Å². The number of hydrogen-bond donors (Lipinski definition) is 0. The van der Waals surface area contributed by atoms with Crippen LogP contribution in [0.5, 0.6) is 0 Å². The zero-order valence-corrected chi connectivity index (χ0v) is 19.6. The Hall–Kier alpha value is -0.693. The Morgan fingerprint density at radius 1 is 0.778 bits per heavy atom. The highest BCUT2D eigenvalue weighted by atomic mass is 28.4. The number of aryl methyl sites for hydroxylation is 1. The maximum Gasteiger partial charge on any atom is 0.500 e. The molecule has 1 aromatic rings. The standard InChI is InChI=1S/C21H43N2O3Si/c1-21(2,3)23-18-17-22(20-23)16-14-12-10-8-7-9-11-13-15-19-27(24-4,25-5)26-6/h17-18,20H,7-16,19H2,1-6H3/q+1. The Morgan fingerprint density at radius 3 is 1.70 bits per heavy atom. The van der Waals surface area contributed by atoms with Crippen LogP contribution in [0.1, 0.15) is 78.6 Å². The molecule has 27 heavy (non-hydrogen) atoms. The topological polar surface area (TPSA) is 36.5 Å². The van der Waals surface area contributed by atoms with E-state index in [4.69, 9.17) is 13.3 Å². The molecule has 0 aromatic carbocycles. The molecule has 1 rings (SSSR count). The van der Waals surface area contributed by atoms with E-state index in [-0.39, 0.29) is 5.54 Å². The molecule has 0 fully saturated rings. The fraction of sp³-hybridized carbons (Fsp3) is 0.857. The van der Waals surface area contributed by atoms with Crippen LogP contribution in [0.3, 0.4) is 0 Å². The van der Waals surface area contributed by atoms with E-state index >= 15 is 0 Å². The van der Waals surface area contributed by atoms with Crippen LogP contribution in [0.2, 0.25) is 6.04 Å². The predicted octanol–water partition coefficient (Wildman–Crippen LogP) is 4.92. The maximum absolute atomic E-state index is 5.46. The molecule has 0 aliphatic carbocycles. The Morgan fingerprint density at radius 2 is 1.26 bits per heavy atom. The van der Waals surface area contributed by atoms with Gasteiger partial charge in [0, 0.05) is 27.4 Å². The Kier molecular flexibility index (Phi) is 11.5. The van der Waals surface area contributed by atoms with E-state index in [0.29, 0.717) is 0 Å². The molecule has 158 valence electrons. The first-order chi connectivity index (χ1) is 12.9. The van der Waals surface area contributed by atoms with Gasteiger partial charge in [-0.15, -0.1) is 0 Å². The minimum Gasteiger partial charge on any atom is -0.377 e. The van der Waals surface area contributed by atoms with Gasteiger partial charge in [-0.25, -0.2) is 9.13 Å². The van der Waals surface area contributed by atoms with E-state index < -0.39 is 8.80 Å². The van der Waals surface area contributed by atoms with Crippen molar-refractivity contribution in [2.24, 2.45) is 0 Å². The van der Waals surface area contributed by atoms with Crippen molar-refractivity contribution in [3.63, 3.8) is 0 Å². The van der Waals surface area contributed by atoms with Crippen LogP contribution >= 0.6 is 0 Å². The van der Waals surface area contributed by atoms with Gasteiger partial charge >= 0.3 is 8.80 Å². The lowest BCUT2D eigenvalue weighted by atomic mass is 10.1. The van der Waals surface area contributed by atoms with Gasteiger partial charge in [0.2, 0.25) is 6.33 Å². The quantitative estimate of drug-likeness (QED) is 0.239. The second-order valence-corrected chi connectivity index (χ2v) is 11.5. The minimum atomic E-state index is -2.35. The van der Waals surface area contributed by atoms with Crippen LogP contribution < -0.4 is 4.57 Å². The number of hydrogen-bond acceptors (Lipinski definition) is 3. The third kappa shape index (κ3) is 9.37. The summed E-state index contributed by atoms with van der Waals surface area (Å²) in [5, 5.41) is 0. The van der Waals surface area contributed by atoms with Crippen molar-refractivity contribution in [1.82, 2.24) is 4.57 Å². The second-order valence-electron chi connectivity index (χ2n) is 8.46. The summed E-state index contributed by atoms with van der Waals surface area (Å²) in [6, 6.07) is 0.922. The summed E-state index contributed by atoms with van der Waals surface area (Å²) in [6.07, 6.45) is 18.3. The molecular formula is C21H43N2O3Si+. The zero-order chi connectivity index (χ0) is 20.2. The van der Waals surface area contributed by atoms with Crippen LogP contribution in [-0.4, -0.2) is 34.7 Å². The van der Waals surface area contributed by atoms with Crippen LogP contribution in [0.25, 0.3) is 0 Å².